The average molecular weight is 571 g/mol. The van der Waals surface area contributed by atoms with Gasteiger partial charge in [-0.25, -0.2) is 14.5 Å². The highest BCUT2D eigenvalue weighted by atomic mass is 32.2. The van der Waals surface area contributed by atoms with Crippen LogP contribution in [0.5, 0.6) is 5.75 Å². The van der Waals surface area contributed by atoms with Gasteiger partial charge in [0.2, 0.25) is 11.7 Å². The molecule has 0 heterocycles. The van der Waals surface area contributed by atoms with E-state index in [0.717, 1.165) is 25.9 Å². The van der Waals surface area contributed by atoms with Gasteiger partial charge < -0.3 is 36.4 Å². The standard InChI is InChI=1S/C23H30N4O11S/c1-27(23(36)37)20(32)16(25-18(30)8-7-14(24)21(33)34)10-39-11-17(29)19(31)26-15(22(35)38-2)9-12-3-5-13(28)6-4-12/h3-6,14-16,28H,7-11,24H2,1-2H3,(H,25,30)(H,26,31)(H,33,34)(H,36,37). The molecule has 0 radical (unpaired) electrons. The molecule has 0 aliphatic carbocycles. The number of hydrogen-bond acceptors (Lipinski definition) is 11. The van der Waals surface area contributed by atoms with Crippen molar-refractivity contribution in [1.29, 1.82) is 0 Å². The van der Waals surface area contributed by atoms with Crippen molar-refractivity contribution in [3.05, 3.63) is 29.8 Å². The number of hydrogen-bond donors (Lipinski definition) is 6. The van der Waals surface area contributed by atoms with E-state index < -0.39 is 65.4 Å². The number of ether oxygens (including phenoxy) is 1. The molecule has 0 saturated heterocycles. The molecule has 0 spiro atoms. The Bertz CT molecular complexity index is 1080. The maximum Gasteiger partial charge on any atom is 0.413 e. The van der Waals surface area contributed by atoms with E-state index >= 15 is 0 Å². The molecule has 214 valence electrons. The summed E-state index contributed by atoms with van der Waals surface area (Å²) < 4.78 is 4.66. The second-order valence-corrected chi connectivity index (χ2v) is 9.17. The molecule has 0 fully saturated rings. The van der Waals surface area contributed by atoms with E-state index in [0.29, 0.717) is 10.5 Å². The number of esters is 1. The molecule has 0 aromatic heterocycles. The minimum atomic E-state index is -1.60. The SMILES string of the molecule is COC(=O)C(Cc1ccc(O)cc1)NC(=O)C(=O)CSCC(NC(=O)CCC(N)C(=O)O)C(=O)N(C)C(=O)O. The first-order chi connectivity index (χ1) is 18.3. The number of rotatable bonds is 15. The van der Waals surface area contributed by atoms with E-state index in [9.17, 15) is 38.7 Å². The van der Waals surface area contributed by atoms with Gasteiger partial charge in [-0.05, 0) is 24.1 Å². The molecule has 39 heavy (non-hydrogen) atoms. The van der Waals surface area contributed by atoms with Crippen LogP contribution in [0.3, 0.4) is 0 Å². The van der Waals surface area contributed by atoms with E-state index in [1.165, 1.54) is 24.3 Å². The number of carboxylic acids is 1. The van der Waals surface area contributed by atoms with Crippen molar-refractivity contribution in [1.82, 2.24) is 15.5 Å². The van der Waals surface area contributed by atoms with Crippen molar-refractivity contribution < 1.29 is 53.6 Å². The van der Waals surface area contributed by atoms with E-state index in [4.69, 9.17) is 15.9 Å². The van der Waals surface area contributed by atoms with Crippen LogP contribution in [0.2, 0.25) is 0 Å². The number of nitrogens with one attached hydrogen (secondary N) is 2. The lowest BCUT2D eigenvalue weighted by Gasteiger charge is -2.21. The van der Waals surface area contributed by atoms with Gasteiger partial charge in [0.05, 0.1) is 12.9 Å². The number of carboxylic acid groups (broad SMARTS) is 2. The van der Waals surface area contributed by atoms with Crippen LogP contribution in [-0.4, -0.2) is 106 Å². The number of aromatic hydroxyl groups is 1. The number of carbonyl (C=O) groups excluding carboxylic acids is 5. The summed E-state index contributed by atoms with van der Waals surface area (Å²) >= 11 is 0.745. The fourth-order valence-electron chi connectivity index (χ4n) is 2.96. The van der Waals surface area contributed by atoms with Crippen LogP contribution in [0.15, 0.2) is 24.3 Å². The quantitative estimate of drug-likeness (QED) is 0.106. The van der Waals surface area contributed by atoms with Crippen LogP contribution in [0.25, 0.3) is 0 Å². The number of imide groups is 1. The van der Waals surface area contributed by atoms with E-state index in [1.807, 2.05) is 0 Å². The number of nitrogens with two attached hydrogens (primary N) is 1. The van der Waals surface area contributed by atoms with Gasteiger partial charge in [-0.2, -0.15) is 11.8 Å². The number of aliphatic carboxylic acids is 1. The number of likely N-dealkylation sites (N-methyl/N-ethyl adjacent to an activating group) is 1. The topological polar surface area (TPSA) is 243 Å². The van der Waals surface area contributed by atoms with Crippen molar-refractivity contribution in [3.8, 4) is 5.75 Å². The van der Waals surface area contributed by atoms with Crippen molar-refractivity contribution in [2.45, 2.75) is 37.4 Å². The molecule has 0 bridgehead atoms. The predicted molar refractivity (Wildman–Crippen MR) is 136 cm³/mol. The fraction of sp³-hybridized carbons (Fsp3) is 0.435. The van der Waals surface area contributed by atoms with Crippen molar-refractivity contribution in [3.63, 3.8) is 0 Å². The Morgan fingerprint density at radius 1 is 1.03 bits per heavy atom. The number of amides is 4. The minimum absolute atomic E-state index is 0.00374. The molecule has 15 nitrogen and oxygen atoms in total. The zero-order chi connectivity index (χ0) is 29.7. The van der Waals surface area contributed by atoms with Gasteiger partial charge in [-0.15, -0.1) is 0 Å². The molecular formula is C23H30N4O11S. The molecular weight excluding hydrogens is 540 g/mol. The summed E-state index contributed by atoms with van der Waals surface area (Å²) in [7, 11) is 2.05. The second-order valence-electron chi connectivity index (χ2n) is 8.14. The molecule has 7 N–H and O–H groups in total. The van der Waals surface area contributed by atoms with Gasteiger partial charge in [0.1, 0.15) is 23.9 Å². The number of methoxy groups -OCH3 is 1. The summed E-state index contributed by atoms with van der Waals surface area (Å²) in [5, 5.41) is 31.8. The summed E-state index contributed by atoms with van der Waals surface area (Å²) in [4.78, 5) is 83.9. The third-order valence-electron chi connectivity index (χ3n) is 5.19. The lowest BCUT2D eigenvalue weighted by atomic mass is 10.1. The largest absolute Gasteiger partial charge is 0.508 e. The van der Waals surface area contributed by atoms with E-state index in [-0.39, 0.29) is 30.8 Å². The maximum atomic E-state index is 12.5. The highest BCUT2D eigenvalue weighted by Gasteiger charge is 2.29. The van der Waals surface area contributed by atoms with Crippen LogP contribution in [-0.2, 0) is 39.9 Å². The molecule has 3 atom stereocenters. The zero-order valence-electron chi connectivity index (χ0n) is 21.1. The third-order valence-corrected chi connectivity index (χ3v) is 6.22. The highest BCUT2D eigenvalue weighted by Crippen LogP contribution is 2.12. The van der Waals surface area contributed by atoms with Gasteiger partial charge in [-0.3, -0.25) is 24.0 Å². The highest BCUT2D eigenvalue weighted by molar-refractivity contribution is 8.00. The number of carbonyl (C=O) groups is 7. The molecule has 0 aliphatic rings. The van der Waals surface area contributed by atoms with Crippen LogP contribution >= 0.6 is 11.8 Å². The fourth-order valence-corrected chi connectivity index (χ4v) is 3.85. The van der Waals surface area contributed by atoms with Crippen molar-refractivity contribution in [2.24, 2.45) is 5.73 Å². The summed E-state index contributed by atoms with van der Waals surface area (Å²) in [5.74, 6) is -6.83. The van der Waals surface area contributed by atoms with Crippen LogP contribution < -0.4 is 16.4 Å². The summed E-state index contributed by atoms with van der Waals surface area (Å²) in [6.45, 7) is 0. The van der Waals surface area contributed by atoms with Gasteiger partial charge in [-0.1, -0.05) is 12.1 Å². The number of Topliss-reactive ketones (excluding diaryl/α,β-unsaturated/α-hetero) is 1. The molecule has 3 unspecified atom stereocenters. The van der Waals surface area contributed by atoms with E-state index in [2.05, 4.69) is 15.4 Å². The molecule has 0 saturated carbocycles. The Morgan fingerprint density at radius 2 is 1.64 bits per heavy atom. The van der Waals surface area contributed by atoms with Gasteiger partial charge in [0.15, 0.2) is 0 Å². The molecule has 1 aromatic carbocycles. The number of benzene rings is 1. The van der Waals surface area contributed by atoms with Crippen molar-refractivity contribution in [2.75, 3.05) is 25.7 Å². The van der Waals surface area contributed by atoms with Gasteiger partial charge >= 0.3 is 18.0 Å². The number of phenols is 1. The molecule has 0 aliphatic heterocycles. The monoisotopic (exact) mass is 570 g/mol. The van der Waals surface area contributed by atoms with Crippen LogP contribution in [0, 0.1) is 0 Å². The Hall–Kier alpha value is -4.18. The number of thioether (sulfide) groups is 1. The lowest BCUT2D eigenvalue weighted by Crippen LogP contribution is -2.50. The maximum absolute atomic E-state index is 12.5. The number of nitrogens with zero attached hydrogens (tertiary/aromatic N) is 1. The summed E-state index contributed by atoms with van der Waals surface area (Å²) in [5.41, 5.74) is 5.91. The Kier molecular flexibility index (Phi) is 13.4. The Morgan fingerprint density at radius 3 is 2.18 bits per heavy atom. The molecule has 1 rings (SSSR count). The van der Waals surface area contributed by atoms with Gasteiger partial charge in [0, 0.05) is 25.6 Å². The van der Waals surface area contributed by atoms with Gasteiger partial charge in [0.25, 0.3) is 11.8 Å². The lowest BCUT2D eigenvalue weighted by molar-refractivity contribution is -0.146. The molecule has 1 aromatic rings. The van der Waals surface area contributed by atoms with Crippen LogP contribution in [0.1, 0.15) is 18.4 Å². The molecule has 4 amide bonds. The Balaban J connectivity index is 2.78. The van der Waals surface area contributed by atoms with Crippen molar-refractivity contribution >= 4 is 53.3 Å². The smallest absolute Gasteiger partial charge is 0.413 e. The summed E-state index contributed by atoms with van der Waals surface area (Å²) in [6, 6.07) is 1.85. The van der Waals surface area contributed by atoms with Crippen LogP contribution in [0.4, 0.5) is 4.79 Å². The summed E-state index contributed by atoms with van der Waals surface area (Å²) in [6.07, 6.45) is -2.24. The molecule has 16 heteroatoms. The minimum Gasteiger partial charge on any atom is -0.508 e. The number of phenolic OH excluding ortho intramolecular Hbond substituents is 1. The average Bonchev–Trinajstić information content (AvgIpc) is 2.90. The normalized spacial score (nSPS) is 12.8. The third kappa shape index (κ3) is 11.4. The van der Waals surface area contributed by atoms with E-state index in [1.54, 1.807) is 0 Å². The first-order valence-electron chi connectivity index (χ1n) is 11.3. The zero-order valence-corrected chi connectivity index (χ0v) is 21.9. The number of ketones is 1. The Labute approximate surface area is 227 Å². The first kappa shape index (κ1) is 32.8. The second kappa shape index (κ2) is 15.9. The predicted octanol–water partition coefficient (Wildman–Crippen LogP) is -1.29. The first-order valence-corrected chi connectivity index (χ1v) is 12.5.